The molecule has 2 aromatic carbocycles. The average molecular weight is 525 g/mol. The van der Waals surface area contributed by atoms with Crippen molar-refractivity contribution in [2.24, 2.45) is 17.6 Å². The SMILES string of the molecule is CN(C)[C@H]1C(=O)C(C(N)=O)=C(O)[C@@]2(O)C(=O)C3=C(O)c4c(O)ccc(-c5ccc(Cl)cc5)c4C[C@@H]3C[C@H]12. The first-order valence-corrected chi connectivity index (χ1v) is 12.0. The van der Waals surface area contributed by atoms with E-state index in [4.69, 9.17) is 17.3 Å². The van der Waals surface area contributed by atoms with Crippen LogP contribution in [-0.2, 0) is 20.8 Å². The minimum absolute atomic E-state index is 0.0292. The molecule has 0 spiro atoms. The Morgan fingerprint density at radius 3 is 2.32 bits per heavy atom. The second kappa shape index (κ2) is 8.44. The van der Waals surface area contributed by atoms with E-state index in [1.54, 1.807) is 44.4 Å². The van der Waals surface area contributed by atoms with Crippen LogP contribution < -0.4 is 5.73 Å². The Morgan fingerprint density at radius 1 is 1.08 bits per heavy atom. The van der Waals surface area contributed by atoms with Crippen LogP contribution in [0.5, 0.6) is 5.75 Å². The molecule has 192 valence electrons. The van der Waals surface area contributed by atoms with Crippen molar-refractivity contribution in [3.63, 3.8) is 0 Å². The van der Waals surface area contributed by atoms with Crippen LogP contribution in [0.1, 0.15) is 17.5 Å². The number of ketones is 2. The lowest BCUT2D eigenvalue weighted by Gasteiger charge is -2.50. The van der Waals surface area contributed by atoms with Crippen molar-refractivity contribution in [1.29, 1.82) is 0 Å². The zero-order chi connectivity index (χ0) is 27.0. The fourth-order valence-corrected chi connectivity index (χ4v) is 6.27. The summed E-state index contributed by atoms with van der Waals surface area (Å²) in [6.45, 7) is 0. The minimum Gasteiger partial charge on any atom is -0.508 e. The molecule has 37 heavy (non-hydrogen) atoms. The number of aromatic hydroxyl groups is 1. The van der Waals surface area contributed by atoms with Gasteiger partial charge in [-0.2, -0.15) is 0 Å². The van der Waals surface area contributed by atoms with Crippen LogP contribution in [0.3, 0.4) is 0 Å². The van der Waals surface area contributed by atoms with Gasteiger partial charge in [0.2, 0.25) is 5.78 Å². The fourth-order valence-electron chi connectivity index (χ4n) is 6.14. The summed E-state index contributed by atoms with van der Waals surface area (Å²) in [4.78, 5) is 40.5. The Balaban J connectivity index is 1.74. The standard InChI is InChI=1S/C27H25ClN2O7/c1-30(2)21-16-10-12-9-15-14(11-3-5-13(28)6-4-11)7-8-17(31)19(15)22(32)18(12)24(34)27(16,37)25(35)20(23(21)33)26(29)36/h3-8,12,16,21,31-32,35,37H,9-10H2,1-2H3,(H2,29,36)/t12-,16-,21-,27+/m1/s1. The van der Waals surface area contributed by atoms with Gasteiger partial charge in [-0.05, 0) is 67.7 Å². The van der Waals surface area contributed by atoms with Crippen molar-refractivity contribution in [1.82, 2.24) is 4.90 Å². The van der Waals surface area contributed by atoms with Crippen LogP contribution in [0, 0.1) is 11.8 Å². The summed E-state index contributed by atoms with van der Waals surface area (Å²) in [7, 11) is 3.12. The van der Waals surface area contributed by atoms with Crippen LogP contribution in [0.2, 0.25) is 5.02 Å². The zero-order valence-corrected chi connectivity index (χ0v) is 20.8. The van der Waals surface area contributed by atoms with Gasteiger partial charge in [0.05, 0.1) is 11.6 Å². The highest BCUT2D eigenvalue weighted by Gasteiger charge is 2.64. The van der Waals surface area contributed by atoms with Gasteiger partial charge in [0.15, 0.2) is 11.4 Å². The third-order valence-corrected chi connectivity index (χ3v) is 8.01. The Kier molecular flexibility index (Phi) is 5.71. The minimum atomic E-state index is -2.66. The van der Waals surface area contributed by atoms with Crippen LogP contribution in [-0.4, -0.2) is 68.5 Å². The molecule has 0 aromatic heterocycles. The van der Waals surface area contributed by atoms with Crippen molar-refractivity contribution >= 4 is 34.8 Å². The maximum Gasteiger partial charge on any atom is 0.255 e. The summed E-state index contributed by atoms with van der Waals surface area (Å²) in [5, 5.41) is 45.1. The summed E-state index contributed by atoms with van der Waals surface area (Å²) < 4.78 is 0. The highest BCUT2D eigenvalue weighted by atomic mass is 35.5. The first-order valence-electron chi connectivity index (χ1n) is 11.6. The van der Waals surface area contributed by atoms with Crippen LogP contribution >= 0.6 is 11.6 Å². The molecular weight excluding hydrogens is 500 g/mol. The van der Waals surface area contributed by atoms with Gasteiger partial charge in [-0.25, -0.2) is 0 Å². The number of carbonyl (C=O) groups excluding carboxylic acids is 3. The van der Waals surface area contributed by atoms with Gasteiger partial charge in [0.25, 0.3) is 5.91 Å². The molecule has 4 atom stereocenters. The monoisotopic (exact) mass is 524 g/mol. The fraction of sp³-hybridized carbons (Fsp3) is 0.296. The number of carbonyl (C=O) groups is 3. The number of likely N-dealkylation sites (N-methyl/N-ethyl adjacent to an activating group) is 1. The average Bonchev–Trinajstić information content (AvgIpc) is 2.82. The number of aliphatic hydroxyl groups is 3. The highest BCUT2D eigenvalue weighted by Crippen LogP contribution is 2.53. The van der Waals surface area contributed by atoms with E-state index in [2.05, 4.69) is 0 Å². The predicted molar refractivity (Wildman–Crippen MR) is 135 cm³/mol. The topological polar surface area (TPSA) is 161 Å². The summed E-state index contributed by atoms with van der Waals surface area (Å²) in [5.74, 6) is -6.76. The lowest BCUT2D eigenvalue weighted by Crippen LogP contribution is -2.65. The van der Waals surface area contributed by atoms with Crippen molar-refractivity contribution < 1.29 is 34.8 Å². The van der Waals surface area contributed by atoms with Crippen LogP contribution in [0.15, 0.2) is 53.3 Å². The number of primary amides is 1. The molecule has 3 aliphatic rings. The second-order valence-corrected chi connectivity index (χ2v) is 10.4. The van der Waals surface area contributed by atoms with Crippen molar-refractivity contribution in [3.8, 4) is 16.9 Å². The van der Waals surface area contributed by atoms with Crippen molar-refractivity contribution in [2.75, 3.05) is 14.1 Å². The van der Waals surface area contributed by atoms with E-state index in [0.717, 1.165) is 5.56 Å². The van der Waals surface area contributed by atoms with Gasteiger partial charge in [-0.1, -0.05) is 29.8 Å². The Morgan fingerprint density at radius 2 is 1.73 bits per heavy atom. The summed E-state index contributed by atoms with van der Waals surface area (Å²) in [6.07, 6.45) is 0.238. The van der Waals surface area contributed by atoms with E-state index in [9.17, 15) is 34.8 Å². The van der Waals surface area contributed by atoms with E-state index in [0.29, 0.717) is 16.1 Å². The van der Waals surface area contributed by atoms with Gasteiger partial charge in [-0.3, -0.25) is 19.3 Å². The van der Waals surface area contributed by atoms with E-state index in [-0.39, 0.29) is 29.7 Å². The molecule has 9 nitrogen and oxygen atoms in total. The second-order valence-electron chi connectivity index (χ2n) is 9.95. The zero-order valence-electron chi connectivity index (χ0n) is 20.0. The van der Waals surface area contributed by atoms with Crippen LogP contribution in [0.25, 0.3) is 16.9 Å². The predicted octanol–water partition coefficient (Wildman–Crippen LogP) is 2.28. The van der Waals surface area contributed by atoms with Gasteiger partial charge >= 0.3 is 0 Å². The third-order valence-electron chi connectivity index (χ3n) is 7.76. The molecule has 3 aliphatic carbocycles. The normalized spacial score (nSPS) is 27.2. The number of fused-ring (bicyclic) bond motifs is 3. The molecule has 1 saturated carbocycles. The number of hydrogen-bond acceptors (Lipinski definition) is 8. The molecule has 6 N–H and O–H groups in total. The van der Waals surface area contributed by atoms with Crippen molar-refractivity contribution in [2.45, 2.75) is 24.5 Å². The number of phenolic OH excluding ortho intramolecular Hbond substituents is 1. The molecule has 0 aliphatic heterocycles. The number of phenols is 1. The van der Waals surface area contributed by atoms with Gasteiger partial charge in [0.1, 0.15) is 22.8 Å². The first-order chi connectivity index (χ1) is 17.4. The number of aliphatic hydroxyl groups excluding tert-OH is 2. The number of hydrogen-bond donors (Lipinski definition) is 5. The van der Waals surface area contributed by atoms with E-state index >= 15 is 0 Å². The van der Waals surface area contributed by atoms with Gasteiger partial charge < -0.3 is 26.2 Å². The number of Topliss-reactive ketones (excluding diaryl/α,β-unsaturated/α-hetero) is 2. The maximum atomic E-state index is 13.9. The molecule has 1 fully saturated rings. The van der Waals surface area contributed by atoms with Crippen LogP contribution in [0.4, 0.5) is 0 Å². The quantitative estimate of drug-likeness (QED) is 0.382. The number of nitrogens with zero attached hydrogens (tertiary/aromatic N) is 1. The Hall–Kier alpha value is -3.66. The molecule has 0 unspecified atom stereocenters. The lowest BCUT2D eigenvalue weighted by atomic mass is 9.57. The van der Waals surface area contributed by atoms with E-state index in [1.807, 2.05) is 0 Å². The number of benzene rings is 2. The molecule has 5 rings (SSSR count). The first kappa shape index (κ1) is 25.0. The molecule has 0 radical (unpaired) electrons. The molecular formula is C27H25ClN2O7. The van der Waals surface area contributed by atoms with Crippen molar-refractivity contribution in [3.05, 3.63) is 69.5 Å². The lowest BCUT2D eigenvalue weighted by molar-refractivity contribution is -0.153. The number of halogens is 1. The maximum absolute atomic E-state index is 13.9. The molecule has 0 saturated heterocycles. The number of nitrogens with two attached hydrogens (primary N) is 1. The molecule has 2 aromatic rings. The number of amides is 1. The smallest absolute Gasteiger partial charge is 0.255 e. The van der Waals surface area contributed by atoms with E-state index < -0.39 is 58.0 Å². The third kappa shape index (κ3) is 3.42. The summed E-state index contributed by atoms with van der Waals surface area (Å²) in [6, 6.07) is 9.00. The highest BCUT2D eigenvalue weighted by molar-refractivity contribution is 6.30. The summed E-state index contributed by atoms with van der Waals surface area (Å²) >= 11 is 6.04. The van der Waals surface area contributed by atoms with Gasteiger partial charge in [-0.15, -0.1) is 0 Å². The van der Waals surface area contributed by atoms with Gasteiger partial charge in [0, 0.05) is 16.5 Å². The largest absolute Gasteiger partial charge is 0.508 e. The number of rotatable bonds is 3. The Bertz CT molecular complexity index is 1440. The molecule has 0 heterocycles. The molecule has 10 heteroatoms. The molecule has 0 bridgehead atoms. The Labute approximate surface area is 217 Å². The van der Waals surface area contributed by atoms with E-state index in [1.165, 1.54) is 11.0 Å². The molecule has 1 amide bonds. The summed E-state index contributed by atoms with van der Waals surface area (Å²) in [5.41, 5.74) is 3.79.